The molecule has 0 bridgehead atoms. The molecule has 0 saturated carbocycles. The van der Waals surface area contributed by atoms with E-state index in [1.54, 1.807) is 13.0 Å². The third-order valence-corrected chi connectivity index (χ3v) is 3.73. The summed E-state index contributed by atoms with van der Waals surface area (Å²) in [5.41, 5.74) is 6.08. The van der Waals surface area contributed by atoms with Gasteiger partial charge in [0.15, 0.2) is 0 Å². The Morgan fingerprint density at radius 3 is 2.73 bits per heavy atom. The van der Waals surface area contributed by atoms with Crippen LogP contribution in [0.25, 0.3) is 0 Å². The molecule has 1 aromatic rings. The number of nitrogens with one attached hydrogen (secondary N) is 1. The fourth-order valence-corrected chi connectivity index (χ4v) is 2.33. The molecule has 22 heavy (non-hydrogen) atoms. The molecular weight excluding hydrogens is 289 g/mol. The Morgan fingerprint density at radius 2 is 2.14 bits per heavy atom. The van der Waals surface area contributed by atoms with E-state index >= 15 is 0 Å². The molecule has 1 aliphatic heterocycles. The first-order valence-corrected chi connectivity index (χ1v) is 6.95. The molecule has 3 amide bonds. The maximum atomic E-state index is 13.3. The quantitative estimate of drug-likeness (QED) is 0.847. The zero-order chi connectivity index (χ0) is 16.4. The lowest BCUT2D eigenvalue weighted by Crippen LogP contribution is -2.45. The highest BCUT2D eigenvalue weighted by molar-refractivity contribution is 6.01. The Kier molecular flexibility index (Phi) is 4.44. The third kappa shape index (κ3) is 3.24. The van der Waals surface area contributed by atoms with E-state index in [2.05, 4.69) is 5.32 Å². The molecule has 0 aromatic heterocycles. The number of hydrogen-bond acceptors (Lipinski definition) is 3. The van der Waals surface area contributed by atoms with E-state index in [-0.39, 0.29) is 30.6 Å². The van der Waals surface area contributed by atoms with E-state index in [0.717, 1.165) is 0 Å². The summed E-state index contributed by atoms with van der Waals surface area (Å²) in [6, 6.07) is 3.58. The van der Waals surface area contributed by atoms with Crippen molar-refractivity contribution in [2.45, 2.75) is 26.3 Å². The van der Waals surface area contributed by atoms with Crippen LogP contribution < -0.4 is 16.0 Å². The molecule has 2 unspecified atom stereocenters. The van der Waals surface area contributed by atoms with Gasteiger partial charge in [-0.15, -0.1) is 0 Å². The average molecular weight is 307 g/mol. The fraction of sp³-hybridized carbons (Fsp3) is 0.400. The Morgan fingerprint density at radius 1 is 1.45 bits per heavy atom. The Balaban J connectivity index is 2.08. The van der Waals surface area contributed by atoms with Crippen molar-refractivity contribution in [3.8, 4) is 0 Å². The average Bonchev–Trinajstić information content (AvgIpc) is 2.84. The summed E-state index contributed by atoms with van der Waals surface area (Å²) < 4.78 is 13.3. The van der Waals surface area contributed by atoms with E-state index in [1.807, 2.05) is 0 Å². The number of halogens is 1. The molecule has 7 heteroatoms. The van der Waals surface area contributed by atoms with Crippen LogP contribution in [0.3, 0.4) is 0 Å². The van der Waals surface area contributed by atoms with Crippen molar-refractivity contribution in [2.75, 3.05) is 11.4 Å². The van der Waals surface area contributed by atoms with E-state index in [1.165, 1.54) is 24.0 Å². The van der Waals surface area contributed by atoms with Gasteiger partial charge in [0.05, 0.1) is 5.92 Å². The molecule has 3 N–H and O–H groups in total. The van der Waals surface area contributed by atoms with Gasteiger partial charge < -0.3 is 16.0 Å². The molecule has 1 heterocycles. The van der Waals surface area contributed by atoms with E-state index in [9.17, 15) is 18.8 Å². The summed E-state index contributed by atoms with van der Waals surface area (Å²) in [6.45, 7) is 3.29. The van der Waals surface area contributed by atoms with E-state index in [4.69, 9.17) is 5.73 Å². The molecule has 2 atom stereocenters. The van der Waals surface area contributed by atoms with Crippen molar-refractivity contribution < 1.29 is 18.8 Å². The minimum absolute atomic E-state index is 0.0493. The number of nitrogens with zero attached hydrogens (tertiary/aromatic N) is 1. The number of nitrogens with two attached hydrogens (primary N) is 1. The monoisotopic (exact) mass is 307 g/mol. The molecule has 0 aliphatic carbocycles. The summed E-state index contributed by atoms with van der Waals surface area (Å²) in [7, 11) is 0. The van der Waals surface area contributed by atoms with E-state index < -0.39 is 17.9 Å². The van der Waals surface area contributed by atoms with Crippen LogP contribution in [0.2, 0.25) is 0 Å². The normalized spacial score (nSPS) is 19.1. The predicted octanol–water partition coefficient (Wildman–Crippen LogP) is 0.477. The molecule has 1 fully saturated rings. The van der Waals surface area contributed by atoms with Crippen molar-refractivity contribution >= 4 is 23.4 Å². The number of rotatable bonds is 4. The number of primary amides is 1. The second kappa shape index (κ2) is 6.13. The summed E-state index contributed by atoms with van der Waals surface area (Å²) >= 11 is 0. The zero-order valence-corrected chi connectivity index (χ0v) is 12.4. The minimum atomic E-state index is -0.787. The number of amides is 3. The highest BCUT2D eigenvalue weighted by atomic mass is 19.1. The SMILES string of the molecule is Cc1cc(N2CC(C(=O)NC(C)C(N)=O)CC2=O)ccc1F. The molecule has 0 spiro atoms. The first-order valence-electron chi connectivity index (χ1n) is 6.95. The molecular formula is C15H18FN3O3. The molecule has 118 valence electrons. The van der Waals surface area contributed by atoms with Crippen molar-refractivity contribution in [3.63, 3.8) is 0 Å². The molecule has 0 radical (unpaired) electrons. The van der Waals surface area contributed by atoms with Gasteiger partial charge in [0.2, 0.25) is 17.7 Å². The van der Waals surface area contributed by atoms with Crippen LogP contribution in [0.5, 0.6) is 0 Å². The van der Waals surface area contributed by atoms with Gasteiger partial charge in [-0.1, -0.05) is 0 Å². The van der Waals surface area contributed by atoms with Crippen LogP contribution in [0, 0.1) is 18.7 Å². The summed E-state index contributed by atoms with van der Waals surface area (Å²) in [5.74, 6) is -2.14. The second-order valence-electron chi connectivity index (χ2n) is 5.47. The number of carbonyl (C=O) groups is 3. The highest BCUT2D eigenvalue weighted by Gasteiger charge is 2.35. The van der Waals surface area contributed by atoms with Crippen molar-refractivity contribution in [3.05, 3.63) is 29.6 Å². The lowest BCUT2D eigenvalue weighted by Gasteiger charge is -2.18. The minimum Gasteiger partial charge on any atom is -0.368 e. The summed E-state index contributed by atoms with van der Waals surface area (Å²) in [4.78, 5) is 36.5. The third-order valence-electron chi connectivity index (χ3n) is 3.73. The standard InChI is InChI=1S/C15H18FN3O3/c1-8-5-11(3-4-12(8)16)19-7-10(6-13(19)20)15(22)18-9(2)14(17)21/h3-5,9-10H,6-7H2,1-2H3,(H2,17,21)(H,18,22). The smallest absolute Gasteiger partial charge is 0.239 e. The lowest BCUT2D eigenvalue weighted by atomic mass is 10.1. The molecule has 1 aliphatic rings. The number of benzene rings is 1. The Labute approximate surface area is 127 Å². The van der Waals surface area contributed by atoms with Gasteiger partial charge in [0, 0.05) is 18.7 Å². The van der Waals surface area contributed by atoms with Gasteiger partial charge in [0.1, 0.15) is 11.9 Å². The number of carbonyl (C=O) groups excluding carboxylic acids is 3. The van der Waals surface area contributed by atoms with Gasteiger partial charge >= 0.3 is 0 Å². The van der Waals surface area contributed by atoms with Crippen LogP contribution in [0.1, 0.15) is 18.9 Å². The van der Waals surface area contributed by atoms with Crippen molar-refractivity contribution in [1.29, 1.82) is 0 Å². The van der Waals surface area contributed by atoms with Gasteiger partial charge in [0.25, 0.3) is 0 Å². The fourth-order valence-electron chi connectivity index (χ4n) is 2.33. The van der Waals surface area contributed by atoms with Gasteiger partial charge in [-0.3, -0.25) is 14.4 Å². The van der Waals surface area contributed by atoms with Crippen LogP contribution in [0.15, 0.2) is 18.2 Å². The largest absolute Gasteiger partial charge is 0.368 e. The second-order valence-corrected chi connectivity index (χ2v) is 5.47. The molecule has 1 aromatic carbocycles. The summed E-state index contributed by atoms with van der Waals surface area (Å²) in [5, 5.41) is 2.48. The zero-order valence-electron chi connectivity index (χ0n) is 12.4. The van der Waals surface area contributed by atoms with Crippen molar-refractivity contribution in [1.82, 2.24) is 5.32 Å². The van der Waals surface area contributed by atoms with Gasteiger partial charge in [-0.2, -0.15) is 0 Å². The van der Waals surface area contributed by atoms with Crippen LogP contribution in [-0.4, -0.2) is 30.3 Å². The maximum Gasteiger partial charge on any atom is 0.239 e. The number of anilines is 1. The van der Waals surface area contributed by atoms with Crippen LogP contribution >= 0.6 is 0 Å². The van der Waals surface area contributed by atoms with Gasteiger partial charge in [-0.05, 0) is 37.6 Å². The van der Waals surface area contributed by atoms with Crippen LogP contribution in [0.4, 0.5) is 10.1 Å². The van der Waals surface area contributed by atoms with Crippen LogP contribution in [-0.2, 0) is 14.4 Å². The molecule has 2 rings (SSSR count). The summed E-state index contributed by atoms with van der Waals surface area (Å²) in [6.07, 6.45) is 0.0493. The predicted molar refractivity (Wildman–Crippen MR) is 78.4 cm³/mol. The lowest BCUT2D eigenvalue weighted by molar-refractivity contribution is -0.129. The number of hydrogen-bond donors (Lipinski definition) is 2. The molecule has 1 saturated heterocycles. The highest BCUT2D eigenvalue weighted by Crippen LogP contribution is 2.26. The topological polar surface area (TPSA) is 92.5 Å². The molecule has 6 nitrogen and oxygen atoms in total. The maximum absolute atomic E-state index is 13.3. The Bertz CT molecular complexity index is 632. The Hall–Kier alpha value is -2.44. The first kappa shape index (κ1) is 15.9. The first-order chi connectivity index (χ1) is 10.3. The van der Waals surface area contributed by atoms with Gasteiger partial charge in [-0.25, -0.2) is 4.39 Å². The van der Waals surface area contributed by atoms with E-state index in [0.29, 0.717) is 11.3 Å². The van der Waals surface area contributed by atoms with Crippen molar-refractivity contribution in [2.24, 2.45) is 11.7 Å². The number of aryl methyl sites for hydroxylation is 1.